The van der Waals surface area contributed by atoms with Crippen LogP contribution in [-0.4, -0.2) is 12.1 Å². The molecule has 0 fully saturated rings. The molecule has 0 aromatic carbocycles. The van der Waals surface area contributed by atoms with Crippen molar-refractivity contribution in [3.05, 3.63) is 34.0 Å². The minimum atomic E-state index is 0.0709. The van der Waals surface area contributed by atoms with E-state index in [9.17, 15) is 0 Å². The first-order valence-corrected chi connectivity index (χ1v) is 7.06. The topological polar surface area (TPSA) is 12.0 Å². The summed E-state index contributed by atoms with van der Waals surface area (Å²) in [6, 6.07) is 4.06. The van der Waals surface area contributed by atoms with Crippen LogP contribution in [0.4, 0.5) is 0 Å². The van der Waals surface area contributed by atoms with E-state index in [1.807, 2.05) is 12.1 Å². The molecule has 1 rings (SSSR count). The van der Waals surface area contributed by atoms with Gasteiger partial charge in [0, 0.05) is 22.4 Å². The van der Waals surface area contributed by atoms with Crippen LogP contribution in [0.2, 0.25) is 4.34 Å². The Morgan fingerprint density at radius 2 is 2.00 bits per heavy atom. The molecule has 0 amide bonds. The van der Waals surface area contributed by atoms with Crippen molar-refractivity contribution in [1.29, 1.82) is 0 Å². The highest BCUT2D eigenvalue weighted by Gasteiger charge is 2.23. The van der Waals surface area contributed by atoms with Crippen LogP contribution in [0.3, 0.4) is 0 Å². The maximum atomic E-state index is 5.96. The van der Waals surface area contributed by atoms with Crippen LogP contribution in [0.15, 0.2) is 24.8 Å². The maximum absolute atomic E-state index is 5.96. The number of nitrogens with one attached hydrogen (secondary N) is 1. The van der Waals surface area contributed by atoms with Gasteiger partial charge in [-0.2, -0.15) is 0 Å². The second-order valence-corrected chi connectivity index (χ2v) is 7.64. The molecular weight excluding hydrogens is 250 g/mol. The summed E-state index contributed by atoms with van der Waals surface area (Å²) >= 11 is 7.61. The molecule has 0 aliphatic carbocycles. The molecule has 0 bridgehead atoms. The van der Waals surface area contributed by atoms with Crippen molar-refractivity contribution >= 4 is 22.9 Å². The minimum absolute atomic E-state index is 0.0709. The van der Waals surface area contributed by atoms with Crippen LogP contribution in [0.1, 0.15) is 32.6 Å². The molecular formula is C14H22ClNS. The normalized spacial score (nSPS) is 15.6. The Labute approximate surface area is 114 Å². The second kappa shape index (κ2) is 5.55. The first kappa shape index (κ1) is 14.7. The van der Waals surface area contributed by atoms with Crippen molar-refractivity contribution in [2.75, 3.05) is 6.54 Å². The standard InChI is InChI=1S/C14H22ClNS/c1-6-14(5,10-16-13(2,3)4)9-11-7-8-12(15)17-11/h6-8,16H,1,9-10H2,2-5H3. The molecule has 1 heterocycles. The fourth-order valence-electron chi connectivity index (χ4n) is 1.52. The van der Waals surface area contributed by atoms with E-state index < -0.39 is 0 Å². The Bertz CT molecular complexity index is 378. The molecule has 0 saturated carbocycles. The lowest BCUT2D eigenvalue weighted by Gasteiger charge is -2.31. The van der Waals surface area contributed by atoms with Crippen molar-refractivity contribution in [1.82, 2.24) is 5.32 Å². The fraction of sp³-hybridized carbons (Fsp3) is 0.571. The van der Waals surface area contributed by atoms with Gasteiger partial charge in [-0.1, -0.05) is 24.6 Å². The highest BCUT2D eigenvalue weighted by atomic mass is 35.5. The number of hydrogen-bond acceptors (Lipinski definition) is 2. The van der Waals surface area contributed by atoms with Gasteiger partial charge in [0.25, 0.3) is 0 Å². The van der Waals surface area contributed by atoms with Crippen LogP contribution < -0.4 is 5.32 Å². The summed E-state index contributed by atoms with van der Waals surface area (Å²) in [5.74, 6) is 0. The Morgan fingerprint density at radius 1 is 1.35 bits per heavy atom. The lowest BCUT2D eigenvalue weighted by atomic mass is 9.85. The van der Waals surface area contributed by atoms with Crippen LogP contribution >= 0.6 is 22.9 Å². The third-order valence-corrected chi connectivity index (χ3v) is 3.95. The zero-order chi connectivity index (χ0) is 13.1. The van der Waals surface area contributed by atoms with Gasteiger partial charge < -0.3 is 5.32 Å². The van der Waals surface area contributed by atoms with Gasteiger partial charge in [0.05, 0.1) is 4.34 Å². The van der Waals surface area contributed by atoms with E-state index in [1.165, 1.54) is 4.88 Å². The van der Waals surface area contributed by atoms with Gasteiger partial charge in [0.15, 0.2) is 0 Å². The van der Waals surface area contributed by atoms with Gasteiger partial charge in [-0.3, -0.25) is 0 Å². The summed E-state index contributed by atoms with van der Waals surface area (Å²) in [6.45, 7) is 13.7. The van der Waals surface area contributed by atoms with E-state index in [0.717, 1.165) is 17.3 Å². The smallest absolute Gasteiger partial charge is 0.0931 e. The summed E-state index contributed by atoms with van der Waals surface area (Å²) in [5.41, 5.74) is 0.207. The number of thiophene rings is 1. The third-order valence-electron chi connectivity index (χ3n) is 2.72. The molecule has 17 heavy (non-hydrogen) atoms. The predicted molar refractivity (Wildman–Crippen MR) is 79.1 cm³/mol. The minimum Gasteiger partial charge on any atom is -0.311 e. The summed E-state index contributed by atoms with van der Waals surface area (Å²) in [6.07, 6.45) is 3.02. The number of rotatable bonds is 5. The Balaban J connectivity index is 2.65. The van der Waals surface area contributed by atoms with Gasteiger partial charge in [0.1, 0.15) is 0 Å². The van der Waals surface area contributed by atoms with Gasteiger partial charge in [-0.25, -0.2) is 0 Å². The molecule has 0 saturated heterocycles. The highest BCUT2D eigenvalue weighted by Crippen LogP contribution is 2.30. The molecule has 1 nitrogen and oxygen atoms in total. The molecule has 1 aromatic rings. The van der Waals surface area contributed by atoms with Gasteiger partial charge in [0.2, 0.25) is 0 Å². The number of halogens is 1. The summed E-state index contributed by atoms with van der Waals surface area (Å²) < 4.78 is 0.857. The monoisotopic (exact) mass is 271 g/mol. The Hall–Kier alpha value is -0.310. The molecule has 1 aromatic heterocycles. The molecule has 0 aliphatic rings. The molecule has 1 N–H and O–H groups in total. The lowest BCUT2D eigenvalue weighted by Crippen LogP contribution is -2.42. The van der Waals surface area contributed by atoms with Crippen LogP contribution in [0, 0.1) is 5.41 Å². The van der Waals surface area contributed by atoms with Crippen molar-refractivity contribution in [3.63, 3.8) is 0 Å². The van der Waals surface area contributed by atoms with Crippen molar-refractivity contribution in [2.24, 2.45) is 5.41 Å². The molecule has 96 valence electrons. The van der Waals surface area contributed by atoms with Gasteiger partial charge in [-0.15, -0.1) is 17.9 Å². The quantitative estimate of drug-likeness (QED) is 0.776. The third kappa shape index (κ3) is 5.24. The largest absolute Gasteiger partial charge is 0.311 e. The Morgan fingerprint density at radius 3 is 2.41 bits per heavy atom. The molecule has 0 radical (unpaired) electrons. The van der Waals surface area contributed by atoms with Crippen molar-refractivity contribution in [3.8, 4) is 0 Å². The average molecular weight is 272 g/mol. The first-order valence-electron chi connectivity index (χ1n) is 5.87. The number of hydrogen-bond donors (Lipinski definition) is 1. The van der Waals surface area contributed by atoms with Crippen LogP contribution in [0.25, 0.3) is 0 Å². The molecule has 1 atom stereocenters. The molecule has 0 aliphatic heterocycles. The van der Waals surface area contributed by atoms with Crippen molar-refractivity contribution in [2.45, 2.75) is 39.7 Å². The summed E-state index contributed by atoms with van der Waals surface area (Å²) in [7, 11) is 0. The second-order valence-electron chi connectivity index (χ2n) is 5.84. The zero-order valence-corrected chi connectivity index (χ0v) is 12.7. The Kier molecular flexibility index (Phi) is 4.82. The van der Waals surface area contributed by atoms with E-state index in [1.54, 1.807) is 11.3 Å². The average Bonchev–Trinajstić information content (AvgIpc) is 2.60. The van der Waals surface area contributed by atoms with Gasteiger partial charge >= 0.3 is 0 Å². The van der Waals surface area contributed by atoms with E-state index >= 15 is 0 Å². The SMILES string of the molecule is C=CC(C)(CNC(C)(C)C)Cc1ccc(Cl)s1. The first-order chi connectivity index (χ1) is 7.74. The molecule has 1 unspecified atom stereocenters. The summed E-state index contributed by atoms with van der Waals surface area (Å²) in [4.78, 5) is 1.31. The van der Waals surface area contributed by atoms with E-state index in [0.29, 0.717) is 0 Å². The lowest BCUT2D eigenvalue weighted by molar-refractivity contribution is 0.324. The van der Waals surface area contributed by atoms with Gasteiger partial charge in [-0.05, 0) is 39.3 Å². The maximum Gasteiger partial charge on any atom is 0.0931 e. The molecule has 0 spiro atoms. The summed E-state index contributed by atoms with van der Waals surface area (Å²) in [5, 5.41) is 3.54. The van der Waals surface area contributed by atoms with E-state index in [4.69, 9.17) is 11.6 Å². The van der Waals surface area contributed by atoms with Crippen LogP contribution in [0.5, 0.6) is 0 Å². The fourth-order valence-corrected chi connectivity index (χ4v) is 2.80. The van der Waals surface area contributed by atoms with Crippen molar-refractivity contribution < 1.29 is 0 Å². The zero-order valence-electron chi connectivity index (χ0n) is 11.1. The predicted octanol–water partition coefficient (Wildman–Crippen LogP) is 4.52. The van der Waals surface area contributed by atoms with Crippen LogP contribution in [-0.2, 0) is 6.42 Å². The van der Waals surface area contributed by atoms with E-state index in [2.05, 4.69) is 45.7 Å². The molecule has 3 heteroatoms. The highest BCUT2D eigenvalue weighted by molar-refractivity contribution is 7.16. The van der Waals surface area contributed by atoms with E-state index in [-0.39, 0.29) is 11.0 Å².